The Kier molecular flexibility index (Phi) is 4.59. The van der Waals surface area contributed by atoms with E-state index in [-0.39, 0.29) is 34.9 Å². The number of amides is 2. The number of nitrogens with one attached hydrogen (secondary N) is 2. The number of furan rings is 1. The second-order valence-electron chi connectivity index (χ2n) is 7.88. The van der Waals surface area contributed by atoms with Gasteiger partial charge in [0, 0.05) is 24.8 Å². The summed E-state index contributed by atoms with van der Waals surface area (Å²) >= 11 is 0. The van der Waals surface area contributed by atoms with Gasteiger partial charge in [0.15, 0.2) is 0 Å². The molecule has 0 bridgehead atoms. The van der Waals surface area contributed by atoms with Gasteiger partial charge in [-0.25, -0.2) is 4.52 Å². The molecule has 0 aliphatic heterocycles. The molecule has 1 fully saturated rings. The molecule has 1 aliphatic carbocycles. The first-order chi connectivity index (χ1) is 13.9. The first-order valence-electron chi connectivity index (χ1n) is 9.40. The van der Waals surface area contributed by atoms with Crippen molar-refractivity contribution in [3.05, 3.63) is 59.8 Å². The summed E-state index contributed by atoms with van der Waals surface area (Å²) in [5.41, 5.74) is 1.52. The molecule has 148 valence electrons. The Morgan fingerprint density at radius 1 is 1.38 bits per heavy atom. The lowest BCUT2D eigenvalue weighted by Gasteiger charge is -2.52. The molecule has 0 spiro atoms. The third kappa shape index (κ3) is 3.36. The summed E-state index contributed by atoms with van der Waals surface area (Å²) in [4.78, 5) is 25.0. The Hall–Kier alpha value is -3.60. The number of carbonyl (C=O) groups is 2. The van der Waals surface area contributed by atoms with Crippen LogP contribution in [0.25, 0.3) is 5.52 Å². The topological polar surface area (TPSA) is 112 Å². The molecule has 2 amide bonds. The Morgan fingerprint density at radius 2 is 2.21 bits per heavy atom. The van der Waals surface area contributed by atoms with Crippen molar-refractivity contribution < 1.29 is 14.0 Å². The Balaban J connectivity index is 1.35. The maximum absolute atomic E-state index is 12.8. The van der Waals surface area contributed by atoms with Crippen LogP contribution >= 0.6 is 0 Å². The highest BCUT2D eigenvalue weighted by Crippen LogP contribution is 2.46. The summed E-state index contributed by atoms with van der Waals surface area (Å²) in [6.45, 7) is 4.66. The zero-order valence-corrected chi connectivity index (χ0v) is 16.2. The van der Waals surface area contributed by atoms with E-state index in [0.29, 0.717) is 17.7 Å². The van der Waals surface area contributed by atoms with E-state index in [2.05, 4.69) is 29.6 Å². The first-order valence-corrected chi connectivity index (χ1v) is 9.40. The molecule has 2 atom stereocenters. The van der Waals surface area contributed by atoms with Gasteiger partial charge in [0.1, 0.15) is 12.3 Å². The molecule has 3 heterocycles. The molecule has 4 rings (SSSR count). The highest BCUT2D eigenvalue weighted by Gasteiger charge is 2.48. The Morgan fingerprint density at radius 3 is 2.93 bits per heavy atom. The monoisotopic (exact) mass is 391 g/mol. The molecular weight excluding hydrogens is 370 g/mol. The third-order valence-corrected chi connectivity index (χ3v) is 5.94. The zero-order valence-electron chi connectivity index (χ0n) is 16.2. The number of carbonyl (C=O) groups excluding carboxylic acids is 2. The van der Waals surface area contributed by atoms with E-state index < -0.39 is 0 Å². The van der Waals surface area contributed by atoms with E-state index in [1.54, 1.807) is 29.0 Å². The quantitative estimate of drug-likeness (QED) is 0.693. The lowest BCUT2D eigenvalue weighted by molar-refractivity contribution is 0.0150. The Bertz CT molecular complexity index is 1120. The van der Waals surface area contributed by atoms with E-state index in [1.807, 2.05) is 12.1 Å². The molecule has 2 N–H and O–H groups in total. The van der Waals surface area contributed by atoms with E-state index >= 15 is 0 Å². The van der Waals surface area contributed by atoms with Crippen LogP contribution in [0.15, 0.2) is 47.3 Å². The fraction of sp³-hybridized carbons (Fsp3) is 0.333. The number of hydrogen-bond acceptors (Lipinski definition) is 5. The van der Waals surface area contributed by atoms with Gasteiger partial charge in [0.25, 0.3) is 11.8 Å². The number of nitriles is 1. The van der Waals surface area contributed by atoms with Gasteiger partial charge in [0.05, 0.1) is 22.8 Å². The van der Waals surface area contributed by atoms with Gasteiger partial charge >= 0.3 is 0 Å². The summed E-state index contributed by atoms with van der Waals surface area (Å²) in [6, 6.07) is 8.69. The van der Waals surface area contributed by atoms with Crippen molar-refractivity contribution in [2.24, 2.45) is 11.3 Å². The summed E-state index contributed by atoms with van der Waals surface area (Å²) in [7, 11) is 0. The number of nitrogens with zero attached hydrogens (tertiary/aromatic N) is 3. The smallest absolute Gasteiger partial charge is 0.254 e. The minimum Gasteiger partial charge on any atom is -0.453 e. The lowest BCUT2D eigenvalue weighted by atomic mass is 9.58. The van der Waals surface area contributed by atoms with Gasteiger partial charge in [-0.15, -0.1) is 0 Å². The van der Waals surface area contributed by atoms with Gasteiger partial charge in [0.2, 0.25) is 5.76 Å². The predicted octanol–water partition coefficient (Wildman–Crippen LogP) is 2.37. The highest BCUT2D eigenvalue weighted by molar-refractivity contribution is 6.00. The van der Waals surface area contributed by atoms with Gasteiger partial charge in [-0.3, -0.25) is 9.59 Å². The molecule has 3 aromatic rings. The molecule has 0 radical (unpaired) electrons. The van der Waals surface area contributed by atoms with E-state index in [1.165, 1.54) is 12.3 Å². The molecule has 8 heteroatoms. The second-order valence-corrected chi connectivity index (χ2v) is 7.88. The first kappa shape index (κ1) is 18.7. The molecule has 1 aliphatic rings. The van der Waals surface area contributed by atoms with Crippen molar-refractivity contribution in [1.82, 2.24) is 20.2 Å². The highest BCUT2D eigenvalue weighted by atomic mass is 16.3. The van der Waals surface area contributed by atoms with Crippen LogP contribution in [0.2, 0.25) is 0 Å². The second kappa shape index (κ2) is 7.09. The molecule has 0 saturated heterocycles. The van der Waals surface area contributed by atoms with Crippen LogP contribution in [0.4, 0.5) is 0 Å². The van der Waals surface area contributed by atoms with E-state index in [0.717, 1.165) is 11.9 Å². The standard InChI is InChI=1S/C21H21N5O3/c1-21(2)14(11-23-19(27)13-8-15(10-22)29-12-13)9-18(21)25-20(28)16-4-3-7-26-17(16)5-6-24-26/h3-8,12,14,18H,9,11H2,1-2H3,(H,23,27)(H,25,28). The maximum Gasteiger partial charge on any atom is 0.254 e. The van der Waals surface area contributed by atoms with Crippen LogP contribution in [0.5, 0.6) is 0 Å². The van der Waals surface area contributed by atoms with Crippen molar-refractivity contribution in [3.8, 4) is 6.07 Å². The molecule has 0 aromatic carbocycles. The summed E-state index contributed by atoms with van der Waals surface area (Å²) in [5, 5.41) is 19.0. The van der Waals surface area contributed by atoms with Crippen molar-refractivity contribution in [1.29, 1.82) is 5.26 Å². The maximum atomic E-state index is 12.8. The zero-order chi connectivity index (χ0) is 20.6. The molecule has 3 aromatic heterocycles. The van der Waals surface area contributed by atoms with Gasteiger partial charge in [-0.2, -0.15) is 10.4 Å². The number of hydrogen-bond donors (Lipinski definition) is 2. The van der Waals surface area contributed by atoms with Crippen LogP contribution in [-0.2, 0) is 0 Å². The predicted molar refractivity (Wildman–Crippen MR) is 104 cm³/mol. The van der Waals surface area contributed by atoms with Crippen LogP contribution in [0.3, 0.4) is 0 Å². The summed E-state index contributed by atoms with van der Waals surface area (Å²) < 4.78 is 6.65. The van der Waals surface area contributed by atoms with Gasteiger partial charge < -0.3 is 15.1 Å². The van der Waals surface area contributed by atoms with Crippen LogP contribution < -0.4 is 10.6 Å². The normalized spacial score (nSPS) is 19.9. The fourth-order valence-electron chi connectivity index (χ4n) is 3.82. The third-order valence-electron chi connectivity index (χ3n) is 5.94. The van der Waals surface area contributed by atoms with Crippen molar-refractivity contribution in [2.45, 2.75) is 26.3 Å². The number of aromatic nitrogens is 2. The van der Waals surface area contributed by atoms with Crippen molar-refractivity contribution >= 4 is 17.3 Å². The number of fused-ring (bicyclic) bond motifs is 1. The van der Waals surface area contributed by atoms with E-state index in [4.69, 9.17) is 9.68 Å². The molecule has 1 saturated carbocycles. The van der Waals surface area contributed by atoms with E-state index in [9.17, 15) is 9.59 Å². The average Bonchev–Trinajstić information content (AvgIpc) is 3.38. The average molecular weight is 391 g/mol. The molecular formula is C21H21N5O3. The molecule has 2 unspecified atom stereocenters. The van der Waals surface area contributed by atoms with Crippen LogP contribution in [0, 0.1) is 22.7 Å². The molecule has 8 nitrogen and oxygen atoms in total. The molecule has 29 heavy (non-hydrogen) atoms. The fourth-order valence-corrected chi connectivity index (χ4v) is 3.82. The number of rotatable bonds is 5. The lowest BCUT2D eigenvalue weighted by Crippen LogP contribution is -2.60. The summed E-state index contributed by atoms with van der Waals surface area (Å²) in [6.07, 6.45) is 5.52. The minimum absolute atomic E-state index is 0.0131. The van der Waals surface area contributed by atoms with Crippen LogP contribution in [0.1, 0.15) is 46.7 Å². The van der Waals surface area contributed by atoms with Crippen molar-refractivity contribution in [2.75, 3.05) is 6.54 Å². The summed E-state index contributed by atoms with van der Waals surface area (Å²) in [5.74, 6) is -0.0648. The van der Waals surface area contributed by atoms with Crippen molar-refractivity contribution in [3.63, 3.8) is 0 Å². The largest absolute Gasteiger partial charge is 0.453 e. The SMILES string of the molecule is CC1(C)C(CNC(=O)c2coc(C#N)c2)CC1NC(=O)c1cccn2nccc12. The van der Waals surface area contributed by atoms with Gasteiger partial charge in [-0.1, -0.05) is 13.8 Å². The Labute approximate surface area is 167 Å². The number of pyridine rings is 1. The van der Waals surface area contributed by atoms with Crippen LogP contribution in [-0.4, -0.2) is 34.0 Å². The minimum atomic E-state index is -0.272. The van der Waals surface area contributed by atoms with Gasteiger partial charge in [-0.05, 0) is 36.0 Å².